The molecule has 0 radical (unpaired) electrons. The van der Waals surface area contributed by atoms with Crippen LogP contribution in [0.1, 0.15) is 33.6 Å². The fourth-order valence-electron chi connectivity index (χ4n) is 1.57. The average Bonchev–Trinajstić information content (AvgIpc) is 2.49. The van der Waals surface area contributed by atoms with Crippen molar-refractivity contribution < 1.29 is 14.7 Å². The highest BCUT2D eigenvalue weighted by Crippen LogP contribution is 2.19. The molecule has 1 fully saturated rings. The predicted molar refractivity (Wildman–Crippen MR) is 56.2 cm³/mol. The number of amides is 1. The fourth-order valence-corrected chi connectivity index (χ4v) is 1.57. The highest BCUT2D eigenvalue weighted by atomic mass is 16.6. The topological polar surface area (TPSA) is 62.1 Å². The molecule has 1 saturated heterocycles. The minimum absolute atomic E-state index is 0.134. The van der Waals surface area contributed by atoms with Gasteiger partial charge in [-0.05, 0) is 33.6 Å². The highest BCUT2D eigenvalue weighted by Gasteiger charge is 2.31. The minimum atomic E-state index is -0.486. The van der Waals surface area contributed by atoms with E-state index >= 15 is 0 Å². The highest BCUT2D eigenvalue weighted by molar-refractivity contribution is 5.76. The molecule has 15 heavy (non-hydrogen) atoms. The van der Waals surface area contributed by atoms with E-state index in [1.54, 1.807) is 4.90 Å². The molecule has 5 nitrogen and oxygen atoms in total. The zero-order valence-electron chi connectivity index (χ0n) is 9.43. The molecule has 1 unspecified atom stereocenters. The first-order valence-corrected chi connectivity index (χ1v) is 5.11. The normalized spacial score (nSPS) is 22.3. The maximum atomic E-state index is 11.7. The molecule has 0 saturated carbocycles. The predicted octanol–water partition coefficient (Wildman–Crippen LogP) is 1.85. The number of hydrogen-bond acceptors (Lipinski definition) is 4. The summed E-state index contributed by atoms with van der Waals surface area (Å²) in [5.41, 5.74) is -0.486. The maximum absolute atomic E-state index is 11.7. The smallest absolute Gasteiger partial charge is 0.410 e. The van der Waals surface area contributed by atoms with Crippen molar-refractivity contribution in [2.24, 2.45) is 5.16 Å². The van der Waals surface area contributed by atoms with Gasteiger partial charge in [0.1, 0.15) is 5.60 Å². The molecule has 1 aliphatic heterocycles. The first kappa shape index (κ1) is 11.8. The van der Waals surface area contributed by atoms with Gasteiger partial charge in [0, 0.05) is 6.54 Å². The number of carbonyl (C=O) groups is 1. The second kappa shape index (κ2) is 4.51. The zero-order chi connectivity index (χ0) is 11.5. The standard InChI is InChI=1S/C10H18N2O3/c1-10(2,3)15-9(13)12-6-4-5-8(12)7-11-14/h7-8,14H,4-6H2,1-3H3/b11-7-. The van der Waals surface area contributed by atoms with Gasteiger partial charge in [0.2, 0.25) is 0 Å². The van der Waals surface area contributed by atoms with Crippen molar-refractivity contribution in [2.75, 3.05) is 6.54 Å². The van der Waals surface area contributed by atoms with Crippen LogP contribution in [-0.4, -0.2) is 40.6 Å². The van der Waals surface area contributed by atoms with Crippen LogP contribution in [0.4, 0.5) is 4.79 Å². The molecular formula is C10H18N2O3. The van der Waals surface area contributed by atoms with E-state index in [2.05, 4.69) is 5.16 Å². The lowest BCUT2D eigenvalue weighted by atomic mass is 10.2. The molecule has 1 atom stereocenters. The van der Waals surface area contributed by atoms with Crippen LogP contribution in [0.15, 0.2) is 5.16 Å². The van der Waals surface area contributed by atoms with Crippen molar-refractivity contribution in [3.63, 3.8) is 0 Å². The fraction of sp³-hybridized carbons (Fsp3) is 0.800. The van der Waals surface area contributed by atoms with E-state index in [-0.39, 0.29) is 12.1 Å². The molecule has 86 valence electrons. The number of ether oxygens (including phenoxy) is 1. The third-order valence-corrected chi connectivity index (χ3v) is 2.17. The second-order valence-electron chi connectivity index (χ2n) is 4.65. The maximum Gasteiger partial charge on any atom is 0.410 e. The Bertz CT molecular complexity index is 258. The van der Waals surface area contributed by atoms with Crippen molar-refractivity contribution in [1.29, 1.82) is 0 Å². The molecule has 0 aromatic rings. The number of carbonyl (C=O) groups excluding carboxylic acids is 1. The van der Waals surface area contributed by atoms with Crippen LogP contribution in [0, 0.1) is 0 Å². The van der Waals surface area contributed by atoms with Gasteiger partial charge in [-0.2, -0.15) is 0 Å². The first-order chi connectivity index (χ1) is 6.94. The Kier molecular flexibility index (Phi) is 3.55. The Labute approximate surface area is 89.7 Å². The van der Waals surface area contributed by atoms with Gasteiger partial charge in [0.05, 0.1) is 12.3 Å². The zero-order valence-corrected chi connectivity index (χ0v) is 9.43. The second-order valence-corrected chi connectivity index (χ2v) is 4.65. The van der Waals surface area contributed by atoms with E-state index in [1.807, 2.05) is 20.8 Å². The van der Waals surface area contributed by atoms with E-state index in [0.29, 0.717) is 6.54 Å². The van der Waals surface area contributed by atoms with Gasteiger partial charge in [-0.1, -0.05) is 5.16 Å². The van der Waals surface area contributed by atoms with Gasteiger partial charge in [0.25, 0.3) is 0 Å². The van der Waals surface area contributed by atoms with Gasteiger partial charge in [-0.15, -0.1) is 0 Å². The number of likely N-dealkylation sites (tertiary alicyclic amines) is 1. The van der Waals surface area contributed by atoms with E-state index < -0.39 is 5.60 Å². The Morgan fingerprint density at radius 2 is 2.27 bits per heavy atom. The Hall–Kier alpha value is -1.26. The van der Waals surface area contributed by atoms with Crippen molar-refractivity contribution in [1.82, 2.24) is 4.90 Å². The summed E-state index contributed by atoms with van der Waals surface area (Å²) in [4.78, 5) is 13.3. The summed E-state index contributed by atoms with van der Waals surface area (Å²) < 4.78 is 5.24. The third-order valence-electron chi connectivity index (χ3n) is 2.17. The van der Waals surface area contributed by atoms with Crippen LogP contribution >= 0.6 is 0 Å². The van der Waals surface area contributed by atoms with Crippen LogP contribution in [0.25, 0.3) is 0 Å². The number of rotatable bonds is 1. The summed E-state index contributed by atoms with van der Waals surface area (Å²) in [5.74, 6) is 0. The summed E-state index contributed by atoms with van der Waals surface area (Å²) in [5, 5.41) is 11.4. The van der Waals surface area contributed by atoms with Crippen molar-refractivity contribution in [2.45, 2.75) is 45.3 Å². The Morgan fingerprint density at radius 1 is 1.60 bits per heavy atom. The van der Waals surface area contributed by atoms with Crippen molar-refractivity contribution in [3.8, 4) is 0 Å². The molecule has 0 spiro atoms. The minimum Gasteiger partial charge on any atom is -0.444 e. The number of hydrogen-bond donors (Lipinski definition) is 1. The lowest BCUT2D eigenvalue weighted by molar-refractivity contribution is 0.0267. The summed E-state index contributed by atoms with van der Waals surface area (Å²) in [6, 6.07) is -0.134. The molecule has 0 aromatic heterocycles. The first-order valence-electron chi connectivity index (χ1n) is 5.11. The van der Waals surface area contributed by atoms with Gasteiger partial charge in [-0.25, -0.2) is 4.79 Å². The number of nitrogens with zero attached hydrogens (tertiary/aromatic N) is 2. The summed E-state index contributed by atoms with van der Waals surface area (Å²) in [6.07, 6.45) is 2.76. The average molecular weight is 214 g/mol. The van der Waals surface area contributed by atoms with E-state index in [9.17, 15) is 4.79 Å². The summed E-state index contributed by atoms with van der Waals surface area (Å²) in [7, 11) is 0. The van der Waals surface area contributed by atoms with Crippen LogP contribution in [-0.2, 0) is 4.74 Å². The Balaban J connectivity index is 2.59. The quantitative estimate of drug-likeness (QED) is 0.411. The molecule has 1 aliphatic rings. The van der Waals surface area contributed by atoms with Gasteiger partial charge < -0.3 is 14.8 Å². The largest absolute Gasteiger partial charge is 0.444 e. The van der Waals surface area contributed by atoms with Crippen molar-refractivity contribution in [3.05, 3.63) is 0 Å². The van der Waals surface area contributed by atoms with Crippen molar-refractivity contribution >= 4 is 12.3 Å². The van der Waals surface area contributed by atoms with Crippen LogP contribution in [0.2, 0.25) is 0 Å². The van der Waals surface area contributed by atoms with E-state index in [1.165, 1.54) is 6.21 Å². The summed E-state index contributed by atoms with van der Waals surface area (Å²) >= 11 is 0. The molecule has 1 N–H and O–H groups in total. The lowest BCUT2D eigenvalue weighted by Gasteiger charge is -2.26. The Morgan fingerprint density at radius 3 is 2.80 bits per heavy atom. The molecule has 1 amide bonds. The van der Waals surface area contributed by atoms with Crippen LogP contribution < -0.4 is 0 Å². The third kappa shape index (κ3) is 3.42. The van der Waals surface area contributed by atoms with Gasteiger partial charge in [0.15, 0.2) is 0 Å². The molecule has 5 heteroatoms. The molecule has 0 aliphatic carbocycles. The monoisotopic (exact) mass is 214 g/mol. The molecular weight excluding hydrogens is 196 g/mol. The van der Waals surface area contributed by atoms with E-state index in [0.717, 1.165) is 12.8 Å². The van der Waals surface area contributed by atoms with Crippen LogP contribution in [0.5, 0.6) is 0 Å². The summed E-state index contributed by atoms with van der Waals surface area (Å²) in [6.45, 7) is 6.15. The molecule has 0 aromatic carbocycles. The van der Waals surface area contributed by atoms with E-state index in [4.69, 9.17) is 9.94 Å². The SMILES string of the molecule is CC(C)(C)OC(=O)N1CCCC1/C=N\O. The lowest BCUT2D eigenvalue weighted by Crippen LogP contribution is -2.40. The van der Waals surface area contributed by atoms with Gasteiger partial charge in [-0.3, -0.25) is 0 Å². The molecule has 0 bridgehead atoms. The molecule has 1 rings (SSSR count). The van der Waals surface area contributed by atoms with Crippen LogP contribution in [0.3, 0.4) is 0 Å². The van der Waals surface area contributed by atoms with Gasteiger partial charge >= 0.3 is 6.09 Å². The number of oxime groups is 1. The molecule has 1 heterocycles.